The molecule has 1 aliphatic rings. The van der Waals surface area contributed by atoms with Gasteiger partial charge in [-0.15, -0.1) is 0 Å². The van der Waals surface area contributed by atoms with Crippen molar-refractivity contribution in [2.75, 3.05) is 26.2 Å². The van der Waals surface area contributed by atoms with E-state index in [1.54, 1.807) is 0 Å². The molecule has 0 bridgehead atoms. The number of urea groups is 1. The molecule has 0 spiro atoms. The van der Waals surface area contributed by atoms with Crippen LogP contribution in [0.25, 0.3) is 0 Å². The van der Waals surface area contributed by atoms with Crippen LogP contribution >= 0.6 is 0 Å². The quantitative estimate of drug-likeness (QED) is 0.720. The summed E-state index contributed by atoms with van der Waals surface area (Å²) in [6, 6.07) is 10.7. The van der Waals surface area contributed by atoms with Crippen LogP contribution in [0.5, 0.6) is 0 Å². The van der Waals surface area contributed by atoms with Crippen LogP contribution in [-0.2, 0) is 0 Å². The number of hydrogen-bond acceptors (Lipinski definition) is 2. The second kappa shape index (κ2) is 9.56. The van der Waals surface area contributed by atoms with Crippen molar-refractivity contribution < 1.29 is 4.79 Å². The number of nitrogens with zero attached hydrogens (tertiary/aromatic N) is 1. The lowest BCUT2D eigenvalue weighted by molar-refractivity contribution is 0.220. The number of carbonyl (C=O) groups is 1. The Balaban J connectivity index is 1.80. The van der Waals surface area contributed by atoms with E-state index in [0.29, 0.717) is 12.5 Å². The van der Waals surface area contributed by atoms with Gasteiger partial charge in [0.15, 0.2) is 0 Å². The first-order valence-corrected chi connectivity index (χ1v) is 8.97. The Morgan fingerprint density at radius 1 is 1.13 bits per heavy atom. The van der Waals surface area contributed by atoms with Crippen LogP contribution in [0.2, 0.25) is 0 Å². The molecular formula is C19H31N3O. The maximum Gasteiger partial charge on any atom is 0.314 e. The predicted molar refractivity (Wildman–Crippen MR) is 95.5 cm³/mol. The molecule has 4 nitrogen and oxygen atoms in total. The van der Waals surface area contributed by atoms with Gasteiger partial charge in [0.05, 0.1) is 6.04 Å². The number of rotatable bonds is 8. The summed E-state index contributed by atoms with van der Waals surface area (Å²) in [6.07, 6.45) is 4.70. The lowest BCUT2D eigenvalue weighted by Gasteiger charge is -2.28. The summed E-state index contributed by atoms with van der Waals surface area (Å²) in [5.74, 6) is 0.692. The van der Waals surface area contributed by atoms with Gasteiger partial charge >= 0.3 is 6.03 Å². The van der Waals surface area contributed by atoms with Crippen molar-refractivity contribution in [1.29, 1.82) is 0 Å². The Labute approximate surface area is 140 Å². The van der Waals surface area contributed by atoms with Gasteiger partial charge in [0, 0.05) is 13.1 Å². The molecule has 1 saturated heterocycles. The summed E-state index contributed by atoms with van der Waals surface area (Å²) in [5, 5.41) is 6.02. The van der Waals surface area contributed by atoms with Crippen molar-refractivity contribution >= 4 is 6.03 Å². The molecule has 1 aromatic rings. The first-order valence-electron chi connectivity index (χ1n) is 8.97. The average Bonchev–Trinajstić information content (AvgIpc) is 3.07. The molecule has 1 aromatic carbocycles. The van der Waals surface area contributed by atoms with E-state index >= 15 is 0 Å². The van der Waals surface area contributed by atoms with E-state index < -0.39 is 0 Å². The molecule has 0 aromatic heterocycles. The smallest absolute Gasteiger partial charge is 0.314 e. The second-order valence-electron chi connectivity index (χ2n) is 6.84. The summed E-state index contributed by atoms with van der Waals surface area (Å²) in [7, 11) is 0. The van der Waals surface area contributed by atoms with Crippen molar-refractivity contribution in [3.8, 4) is 0 Å². The number of hydrogen-bond donors (Lipinski definition) is 2. The van der Waals surface area contributed by atoms with Gasteiger partial charge in [0.25, 0.3) is 0 Å². The minimum absolute atomic E-state index is 0.0473. The highest BCUT2D eigenvalue weighted by Crippen LogP contribution is 2.24. The number of carbonyl (C=O) groups excluding carboxylic acids is 1. The van der Waals surface area contributed by atoms with Crippen molar-refractivity contribution in [3.05, 3.63) is 35.9 Å². The first kappa shape index (κ1) is 17.8. The molecule has 2 rings (SSSR count). The highest BCUT2D eigenvalue weighted by Gasteiger charge is 2.23. The molecule has 1 atom stereocenters. The normalized spacial score (nSPS) is 16.5. The summed E-state index contributed by atoms with van der Waals surface area (Å²) in [4.78, 5) is 14.5. The monoisotopic (exact) mass is 317 g/mol. The van der Waals surface area contributed by atoms with E-state index in [1.807, 2.05) is 6.07 Å². The number of likely N-dealkylation sites (tertiary alicyclic amines) is 1. The van der Waals surface area contributed by atoms with Crippen LogP contribution in [0.4, 0.5) is 4.79 Å². The highest BCUT2D eigenvalue weighted by atomic mass is 16.2. The SMILES string of the molecule is CC(C)CCCNC(=O)NCC(c1ccccc1)N1CCCC1. The van der Waals surface area contributed by atoms with Crippen molar-refractivity contribution in [2.24, 2.45) is 5.92 Å². The van der Waals surface area contributed by atoms with Crippen LogP contribution in [0.15, 0.2) is 30.3 Å². The molecule has 0 radical (unpaired) electrons. The maximum atomic E-state index is 12.0. The third-order valence-corrected chi connectivity index (χ3v) is 4.47. The molecule has 1 unspecified atom stereocenters. The molecule has 1 heterocycles. The van der Waals surface area contributed by atoms with Crippen LogP contribution in [0, 0.1) is 5.92 Å². The minimum atomic E-state index is -0.0473. The average molecular weight is 317 g/mol. The summed E-state index contributed by atoms with van der Waals surface area (Å²) in [6.45, 7) is 8.08. The topological polar surface area (TPSA) is 44.4 Å². The number of benzene rings is 1. The van der Waals surface area contributed by atoms with E-state index in [9.17, 15) is 4.79 Å². The van der Waals surface area contributed by atoms with Gasteiger partial charge in [-0.2, -0.15) is 0 Å². The van der Waals surface area contributed by atoms with E-state index in [-0.39, 0.29) is 12.1 Å². The first-order chi connectivity index (χ1) is 11.2. The van der Waals surface area contributed by atoms with Crippen molar-refractivity contribution in [3.63, 3.8) is 0 Å². The maximum absolute atomic E-state index is 12.0. The summed E-state index contributed by atoms with van der Waals surface area (Å²) in [5.41, 5.74) is 1.29. The molecule has 2 N–H and O–H groups in total. The lowest BCUT2D eigenvalue weighted by atomic mass is 10.1. The third-order valence-electron chi connectivity index (χ3n) is 4.47. The molecule has 23 heavy (non-hydrogen) atoms. The van der Waals surface area contributed by atoms with Crippen LogP contribution in [0.1, 0.15) is 51.1 Å². The van der Waals surface area contributed by atoms with Gasteiger partial charge in [-0.25, -0.2) is 4.79 Å². The van der Waals surface area contributed by atoms with Gasteiger partial charge in [0.2, 0.25) is 0 Å². The zero-order valence-corrected chi connectivity index (χ0v) is 14.6. The second-order valence-corrected chi connectivity index (χ2v) is 6.84. The number of amides is 2. The van der Waals surface area contributed by atoms with E-state index in [1.165, 1.54) is 18.4 Å². The molecule has 0 saturated carbocycles. The van der Waals surface area contributed by atoms with Gasteiger partial charge in [-0.05, 0) is 50.3 Å². The lowest BCUT2D eigenvalue weighted by Crippen LogP contribution is -2.41. The van der Waals surface area contributed by atoms with Gasteiger partial charge in [-0.3, -0.25) is 4.90 Å². The molecule has 1 fully saturated rings. The van der Waals surface area contributed by atoms with Gasteiger partial charge < -0.3 is 10.6 Å². The van der Waals surface area contributed by atoms with E-state index in [4.69, 9.17) is 0 Å². The zero-order valence-electron chi connectivity index (χ0n) is 14.6. The summed E-state index contributed by atoms with van der Waals surface area (Å²) < 4.78 is 0. The minimum Gasteiger partial charge on any atom is -0.338 e. The molecule has 1 aliphatic heterocycles. The van der Waals surface area contributed by atoms with Crippen molar-refractivity contribution in [1.82, 2.24) is 15.5 Å². The van der Waals surface area contributed by atoms with Crippen LogP contribution < -0.4 is 10.6 Å². The standard InChI is InChI=1S/C19H31N3O/c1-16(2)9-8-12-20-19(23)21-15-18(22-13-6-7-14-22)17-10-4-3-5-11-17/h3-5,10-11,16,18H,6-9,12-15H2,1-2H3,(H2,20,21,23). The Hall–Kier alpha value is -1.55. The molecule has 128 valence electrons. The molecule has 4 heteroatoms. The Kier molecular flexibility index (Phi) is 7.40. The Bertz CT molecular complexity index is 455. The van der Waals surface area contributed by atoms with Crippen molar-refractivity contribution in [2.45, 2.75) is 45.6 Å². The number of nitrogens with one attached hydrogen (secondary N) is 2. The Morgan fingerprint density at radius 3 is 2.48 bits per heavy atom. The molecule has 0 aliphatic carbocycles. The fourth-order valence-electron chi connectivity index (χ4n) is 3.15. The predicted octanol–water partition coefficient (Wildman–Crippen LogP) is 3.56. The third kappa shape index (κ3) is 6.22. The largest absolute Gasteiger partial charge is 0.338 e. The Morgan fingerprint density at radius 2 is 1.83 bits per heavy atom. The molecular weight excluding hydrogens is 286 g/mol. The van der Waals surface area contributed by atoms with Gasteiger partial charge in [-0.1, -0.05) is 44.2 Å². The van der Waals surface area contributed by atoms with Crippen LogP contribution in [-0.4, -0.2) is 37.1 Å². The van der Waals surface area contributed by atoms with E-state index in [0.717, 1.165) is 32.5 Å². The zero-order chi connectivity index (χ0) is 16.5. The fraction of sp³-hybridized carbons (Fsp3) is 0.632. The highest BCUT2D eigenvalue weighted by molar-refractivity contribution is 5.73. The summed E-state index contributed by atoms with van der Waals surface area (Å²) >= 11 is 0. The van der Waals surface area contributed by atoms with Gasteiger partial charge in [0.1, 0.15) is 0 Å². The van der Waals surface area contributed by atoms with E-state index in [2.05, 4.69) is 53.6 Å². The van der Waals surface area contributed by atoms with Crippen LogP contribution in [0.3, 0.4) is 0 Å². The fourth-order valence-corrected chi connectivity index (χ4v) is 3.15. The molecule has 2 amide bonds.